The summed E-state index contributed by atoms with van der Waals surface area (Å²) in [6, 6.07) is 12.0. The Hall–Kier alpha value is -3.61. The Kier molecular flexibility index (Phi) is 8.64. The monoisotopic (exact) mass is 506 g/mol. The fourth-order valence-electron chi connectivity index (χ4n) is 4.89. The lowest BCUT2D eigenvalue weighted by Crippen LogP contribution is -2.29. The van der Waals surface area contributed by atoms with Gasteiger partial charge in [-0.3, -0.25) is 4.79 Å². The lowest BCUT2D eigenvalue weighted by atomic mass is 9.89. The third-order valence-corrected chi connectivity index (χ3v) is 6.91. The highest BCUT2D eigenvalue weighted by atomic mass is 19.2. The summed E-state index contributed by atoms with van der Waals surface area (Å²) in [5.41, 5.74) is 4.40. The van der Waals surface area contributed by atoms with Crippen LogP contribution in [0.2, 0.25) is 0 Å². The lowest BCUT2D eigenvalue weighted by Gasteiger charge is -2.22. The molecule has 196 valence electrons. The molecule has 0 aliphatic carbocycles. The van der Waals surface area contributed by atoms with Crippen LogP contribution in [0.15, 0.2) is 48.5 Å². The molecule has 0 bridgehead atoms. The van der Waals surface area contributed by atoms with Gasteiger partial charge in [0.25, 0.3) is 5.91 Å². The molecule has 1 aromatic heterocycles. The predicted molar refractivity (Wildman–Crippen MR) is 148 cm³/mol. The van der Waals surface area contributed by atoms with Crippen LogP contribution in [-0.2, 0) is 6.42 Å². The van der Waals surface area contributed by atoms with Crippen LogP contribution in [0.4, 0.5) is 26.0 Å². The predicted octanol–water partition coefficient (Wildman–Crippen LogP) is 8.06. The first kappa shape index (κ1) is 26.5. The first-order valence-electron chi connectivity index (χ1n) is 13.3. The molecular formula is C30H36F2N4O. The van der Waals surface area contributed by atoms with Crippen LogP contribution in [0.25, 0.3) is 6.08 Å². The minimum atomic E-state index is -0.922. The number of hydrogen-bond donors (Lipinski definition) is 4. The number of aryl methyl sites for hydroxylation is 1. The van der Waals surface area contributed by atoms with Gasteiger partial charge in [-0.1, -0.05) is 58.2 Å². The molecule has 37 heavy (non-hydrogen) atoms. The van der Waals surface area contributed by atoms with Crippen molar-refractivity contribution in [1.82, 2.24) is 4.98 Å². The zero-order valence-electron chi connectivity index (χ0n) is 21.8. The first-order valence-corrected chi connectivity index (χ1v) is 13.3. The van der Waals surface area contributed by atoms with E-state index in [-0.39, 0.29) is 11.6 Å². The van der Waals surface area contributed by atoms with Gasteiger partial charge in [0.1, 0.15) is 12.0 Å². The van der Waals surface area contributed by atoms with Crippen molar-refractivity contribution in [1.29, 1.82) is 0 Å². The van der Waals surface area contributed by atoms with Crippen LogP contribution in [-0.4, -0.2) is 17.1 Å². The molecule has 4 N–H and O–H groups in total. The number of H-pyrrole nitrogens is 1. The lowest BCUT2D eigenvalue weighted by molar-refractivity contribution is 0.102. The van der Waals surface area contributed by atoms with Gasteiger partial charge in [-0.15, -0.1) is 0 Å². The number of amides is 1. The van der Waals surface area contributed by atoms with E-state index in [9.17, 15) is 13.6 Å². The van der Waals surface area contributed by atoms with Gasteiger partial charge in [0.15, 0.2) is 11.6 Å². The zero-order valence-corrected chi connectivity index (χ0v) is 21.8. The van der Waals surface area contributed by atoms with Crippen molar-refractivity contribution in [2.24, 2.45) is 0 Å². The summed E-state index contributed by atoms with van der Waals surface area (Å²) in [5.74, 6) is -0.756. The van der Waals surface area contributed by atoms with Gasteiger partial charge < -0.3 is 20.9 Å². The Labute approximate surface area is 217 Å². The highest BCUT2D eigenvalue weighted by molar-refractivity contribution is 6.06. The molecule has 0 spiro atoms. The van der Waals surface area contributed by atoms with E-state index in [1.54, 1.807) is 0 Å². The molecule has 1 aliphatic rings. The molecule has 7 heteroatoms. The fraction of sp³-hybridized carbons (Fsp3) is 0.367. The van der Waals surface area contributed by atoms with Gasteiger partial charge in [0.2, 0.25) is 0 Å². The molecule has 0 saturated heterocycles. The topological polar surface area (TPSA) is 69.0 Å². The summed E-state index contributed by atoms with van der Waals surface area (Å²) in [4.78, 5) is 16.5. The average molecular weight is 507 g/mol. The largest absolute Gasteiger partial charge is 0.360 e. The van der Waals surface area contributed by atoms with E-state index in [4.69, 9.17) is 0 Å². The summed E-state index contributed by atoms with van der Waals surface area (Å²) in [7, 11) is 0. The molecule has 3 aromatic rings. The fourth-order valence-corrected chi connectivity index (χ4v) is 4.89. The minimum Gasteiger partial charge on any atom is -0.360 e. The second kappa shape index (κ2) is 12.1. The summed E-state index contributed by atoms with van der Waals surface area (Å²) in [5, 5.41) is 9.30. The Bertz CT molecular complexity index is 1250. The number of rotatable bonds is 11. The number of aromatic nitrogens is 1. The maximum atomic E-state index is 14.1. The van der Waals surface area contributed by atoms with E-state index in [0.717, 1.165) is 35.9 Å². The molecule has 1 amide bonds. The maximum absolute atomic E-state index is 14.1. The van der Waals surface area contributed by atoms with Gasteiger partial charge in [-0.2, -0.15) is 0 Å². The van der Waals surface area contributed by atoms with Crippen molar-refractivity contribution >= 4 is 29.2 Å². The van der Waals surface area contributed by atoms with Gasteiger partial charge in [0.05, 0.1) is 11.4 Å². The number of benzene rings is 2. The van der Waals surface area contributed by atoms with Crippen molar-refractivity contribution in [3.8, 4) is 0 Å². The third-order valence-electron chi connectivity index (χ3n) is 6.91. The number of carbonyl (C=O) groups excluding carboxylic acids is 1. The highest BCUT2D eigenvalue weighted by Crippen LogP contribution is 2.35. The second-order valence-electron chi connectivity index (χ2n) is 9.55. The molecule has 0 saturated carbocycles. The molecule has 0 radical (unpaired) electrons. The van der Waals surface area contributed by atoms with Crippen LogP contribution in [0.1, 0.15) is 86.0 Å². The van der Waals surface area contributed by atoms with Crippen LogP contribution >= 0.6 is 0 Å². The molecule has 2 aromatic carbocycles. The van der Waals surface area contributed by atoms with Crippen LogP contribution in [0.5, 0.6) is 0 Å². The maximum Gasteiger partial charge on any atom is 0.255 e. The molecule has 5 nitrogen and oxygen atoms in total. The minimum absolute atomic E-state index is 0.0701. The van der Waals surface area contributed by atoms with E-state index in [1.807, 2.05) is 31.2 Å². The Balaban J connectivity index is 1.48. The van der Waals surface area contributed by atoms with Gasteiger partial charge in [-0.25, -0.2) is 8.78 Å². The van der Waals surface area contributed by atoms with Crippen LogP contribution in [0, 0.1) is 11.6 Å². The van der Waals surface area contributed by atoms with Crippen molar-refractivity contribution in [3.05, 3.63) is 82.6 Å². The van der Waals surface area contributed by atoms with Gasteiger partial charge >= 0.3 is 0 Å². The quantitative estimate of drug-likeness (QED) is 0.213. The number of nitrogens with one attached hydrogen (secondary N) is 4. The number of aromatic amines is 1. The first-order chi connectivity index (χ1) is 17.9. The second-order valence-corrected chi connectivity index (χ2v) is 9.55. The van der Waals surface area contributed by atoms with Gasteiger partial charge in [0, 0.05) is 16.8 Å². The van der Waals surface area contributed by atoms with Crippen molar-refractivity contribution in [2.45, 2.75) is 71.4 Å². The Morgan fingerprint density at radius 1 is 1.03 bits per heavy atom. The van der Waals surface area contributed by atoms with Gasteiger partial charge in [-0.05, 0) is 67.2 Å². The summed E-state index contributed by atoms with van der Waals surface area (Å²) in [6.45, 7) is 6.44. The standard InChI is InChI=1S/C30H36F2N4O/c1-4-7-10-19(9-5-2)20-13-15-21(16-14-20)30(37)36-28-22-17-18-26(35-29(22)34-24(28)6-3)33-25-12-8-11-23(31)27(25)32/h8,11-19,26,33-35H,4-7,9-10H2,1-3H3,(H,36,37). The smallest absolute Gasteiger partial charge is 0.255 e. The number of hydrogen-bond acceptors (Lipinski definition) is 3. The van der Waals surface area contributed by atoms with E-state index >= 15 is 0 Å². The number of fused-ring (bicyclic) bond motifs is 1. The molecule has 2 heterocycles. The summed E-state index contributed by atoms with van der Waals surface area (Å²) >= 11 is 0. The normalized spacial score (nSPS) is 15.1. The SMILES string of the molecule is CCCCC(CCC)c1ccc(C(=O)Nc2c(CC)[nH]c3c2C=CC(Nc2cccc(F)c2F)N3)cc1. The van der Waals surface area contributed by atoms with E-state index in [1.165, 1.54) is 37.0 Å². The Morgan fingerprint density at radius 3 is 2.51 bits per heavy atom. The molecule has 1 aliphatic heterocycles. The average Bonchev–Trinajstić information content (AvgIpc) is 3.25. The third kappa shape index (κ3) is 6.04. The van der Waals surface area contributed by atoms with Crippen LogP contribution < -0.4 is 16.0 Å². The summed E-state index contributed by atoms with van der Waals surface area (Å²) < 4.78 is 27.7. The van der Waals surface area contributed by atoms with Crippen LogP contribution in [0.3, 0.4) is 0 Å². The van der Waals surface area contributed by atoms with E-state index in [2.05, 4.69) is 46.9 Å². The summed E-state index contributed by atoms with van der Waals surface area (Å²) in [6.07, 6.45) is 9.78. The Morgan fingerprint density at radius 2 is 1.81 bits per heavy atom. The molecule has 4 rings (SSSR count). The molecule has 2 atom stereocenters. The van der Waals surface area contributed by atoms with E-state index in [0.29, 0.717) is 23.7 Å². The van der Waals surface area contributed by atoms with E-state index < -0.39 is 17.8 Å². The number of anilines is 3. The van der Waals surface area contributed by atoms with Crippen molar-refractivity contribution < 1.29 is 13.6 Å². The highest BCUT2D eigenvalue weighted by Gasteiger charge is 2.23. The zero-order chi connectivity index (χ0) is 26.4. The molecule has 2 unspecified atom stereocenters. The molecule has 0 fully saturated rings. The number of halogens is 2. The van der Waals surface area contributed by atoms with Crippen molar-refractivity contribution in [3.63, 3.8) is 0 Å². The molecular weight excluding hydrogens is 470 g/mol. The number of unbranched alkanes of at least 4 members (excludes halogenated alkanes) is 1. The van der Waals surface area contributed by atoms with Crippen molar-refractivity contribution in [2.75, 3.05) is 16.0 Å². The number of carbonyl (C=O) groups is 1.